The van der Waals surface area contributed by atoms with Gasteiger partial charge < -0.3 is 0 Å². The van der Waals surface area contributed by atoms with Gasteiger partial charge in [0.1, 0.15) is 0 Å². The van der Waals surface area contributed by atoms with Crippen LogP contribution in [0.2, 0.25) is 0 Å². The fourth-order valence-electron chi connectivity index (χ4n) is 1.89. The zero-order valence-electron chi connectivity index (χ0n) is 11.3. The monoisotopic (exact) mass is 304 g/mol. The first kappa shape index (κ1) is 15.7. The van der Waals surface area contributed by atoms with E-state index in [-0.39, 0.29) is 17.2 Å². The summed E-state index contributed by atoms with van der Waals surface area (Å²) in [5, 5.41) is 0. The third-order valence-electron chi connectivity index (χ3n) is 2.87. The number of Topliss-reactive ketones (excluding diaryl/α,β-unsaturated/α-hetero) is 2. The van der Waals surface area contributed by atoms with Crippen LogP contribution in [0.5, 0.6) is 0 Å². The zero-order chi connectivity index (χ0) is 16.2. The molecule has 2 aromatic carbocycles. The topological polar surface area (TPSA) is 34.1 Å². The Balaban J connectivity index is 2.47. The molecule has 0 atom stereocenters. The molecule has 0 radical (unpaired) electrons. The standard InChI is InChI=1S/C17H11F3O2/c18-17(19,20)11-14(15(21)12-7-3-1-4-8-12)16(22)13-9-5-2-6-10-13/h1-11H. The van der Waals surface area contributed by atoms with Crippen molar-refractivity contribution in [3.8, 4) is 0 Å². The van der Waals surface area contributed by atoms with Crippen LogP contribution in [0.15, 0.2) is 72.3 Å². The predicted molar refractivity (Wildman–Crippen MR) is 75.7 cm³/mol. The van der Waals surface area contributed by atoms with E-state index in [0.29, 0.717) is 0 Å². The minimum Gasteiger partial charge on any atom is -0.288 e. The Labute approximate surface area is 124 Å². The smallest absolute Gasteiger partial charge is 0.288 e. The molecule has 0 unspecified atom stereocenters. The van der Waals surface area contributed by atoms with E-state index in [4.69, 9.17) is 0 Å². The van der Waals surface area contributed by atoms with E-state index in [2.05, 4.69) is 0 Å². The lowest BCUT2D eigenvalue weighted by Crippen LogP contribution is -2.17. The largest absolute Gasteiger partial charge is 0.410 e. The number of benzene rings is 2. The lowest BCUT2D eigenvalue weighted by atomic mass is 9.95. The first-order valence-corrected chi connectivity index (χ1v) is 6.37. The molecule has 0 fully saturated rings. The number of hydrogen-bond acceptors (Lipinski definition) is 2. The van der Waals surface area contributed by atoms with Gasteiger partial charge in [-0.3, -0.25) is 9.59 Å². The second-order valence-electron chi connectivity index (χ2n) is 4.49. The number of rotatable bonds is 4. The van der Waals surface area contributed by atoms with Crippen molar-refractivity contribution in [1.29, 1.82) is 0 Å². The van der Waals surface area contributed by atoms with Gasteiger partial charge >= 0.3 is 6.18 Å². The van der Waals surface area contributed by atoms with Crippen LogP contribution in [0.3, 0.4) is 0 Å². The van der Waals surface area contributed by atoms with Gasteiger partial charge in [-0.25, -0.2) is 0 Å². The molecule has 22 heavy (non-hydrogen) atoms. The minimum atomic E-state index is -4.76. The van der Waals surface area contributed by atoms with Crippen LogP contribution in [-0.2, 0) is 0 Å². The average molecular weight is 304 g/mol. The third-order valence-corrected chi connectivity index (χ3v) is 2.87. The normalized spacial score (nSPS) is 10.9. The summed E-state index contributed by atoms with van der Waals surface area (Å²) in [7, 11) is 0. The molecule has 0 bridgehead atoms. The van der Waals surface area contributed by atoms with E-state index in [1.807, 2.05) is 0 Å². The summed E-state index contributed by atoms with van der Waals surface area (Å²) in [6.45, 7) is 0. The quantitative estimate of drug-likeness (QED) is 0.366. The molecule has 0 aromatic heterocycles. The highest BCUT2D eigenvalue weighted by Crippen LogP contribution is 2.23. The SMILES string of the molecule is O=C(C(=CC(F)(F)F)C(=O)c1ccccc1)c1ccccc1. The van der Waals surface area contributed by atoms with Gasteiger partial charge in [-0.1, -0.05) is 60.7 Å². The number of carbonyl (C=O) groups excluding carboxylic acids is 2. The van der Waals surface area contributed by atoms with Gasteiger partial charge in [-0.15, -0.1) is 0 Å². The Bertz CT molecular complexity index is 648. The van der Waals surface area contributed by atoms with Crippen molar-refractivity contribution in [2.75, 3.05) is 0 Å². The molecule has 0 saturated carbocycles. The molecule has 0 aliphatic heterocycles. The summed E-state index contributed by atoms with van der Waals surface area (Å²) < 4.78 is 38.0. The van der Waals surface area contributed by atoms with E-state index in [0.717, 1.165) is 0 Å². The maximum Gasteiger partial charge on any atom is 0.410 e. The van der Waals surface area contributed by atoms with Crippen molar-refractivity contribution in [2.24, 2.45) is 0 Å². The average Bonchev–Trinajstić information content (AvgIpc) is 2.52. The third kappa shape index (κ3) is 3.91. The van der Waals surface area contributed by atoms with E-state index >= 15 is 0 Å². The highest BCUT2D eigenvalue weighted by Gasteiger charge is 2.31. The van der Waals surface area contributed by atoms with Crippen LogP contribution in [-0.4, -0.2) is 17.7 Å². The Kier molecular flexibility index (Phi) is 4.56. The highest BCUT2D eigenvalue weighted by molar-refractivity contribution is 6.30. The number of carbonyl (C=O) groups is 2. The molecular formula is C17H11F3O2. The molecule has 2 aromatic rings. The van der Waals surface area contributed by atoms with Crippen molar-refractivity contribution in [1.82, 2.24) is 0 Å². The van der Waals surface area contributed by atoms with Crippen molar-refractivity contribution in [3.05, 3.63) is 83.4 Å². The second kappa shape index (κ2) is 6.39. The number of alkyl halides is 3. The van der Waals surface area contributed by atoms with Crippen LogP contribution in [0.4, 0.5) is 13.2 Å². The van der Waals surface area contributed by atoms with Gasteiger partial charge in [-0.05, 0) is 0 Å². The van der Waals surface area contributed by atoms with Crippen molar-refractivity contribution < 1.29 is 22.8 Å². The molecular weight excluding hydrogens is 293 g/mol. The summed E-state index contributed by atoms with van der Waals surface area (Å²) in [5.74, 6) is -1.90. The number of allylic oxidation sites excluding steroid dienone is 2. The van der Waals surface area contributed by atoms with Crippen molar-refractivity contribution in [2.45, 2.75) is 6.18 Å². The van der Waals surface area contributed by atoms with Gasteiger partial charge in [0.2, 0.25) is 0 Å². The first-order chi connectivity index (χ1) is 10.4. The second-order valence-corrected chi connectivity index (χ2v) is 4.49. The minimum absolute atomic E-state index is 0.0299. The molecule has 0 aliphatic carbocycles. The van der Waals surface area contributed by atoms with Crippen LogP contribution < -0.4 is 0 Å². The molecule has 2 rings (SSSR count). The zero-order valence-corrected chi connectivity index (χ0v) is 11.3. The molecule has 0 saturated heterocycles. The number of hydrogen-bond donors (Lipinski definition) is 0. The Morgan fingerprint density at radius 1 is 0.727 bits per heavy atom. The van der Waals surface area contributed by atoms with Crippen LogP contribution in [0.25, 0.3) is 0 Å². The van der Waals surface area contributed by atoms with Crippen molar-refractivity contribution in [3.63, 3.8) is 0 Å². The summed E-state index contributed by atoms with van der Waals surface area (Å²) in [4.78, 5) is 24.5. The van der Waals surface area contributed by atoms with E-state index < -0.39 is 23.3 Å². The maximum absolute atomic E-state index is 12.7. The fraction of sp³-hybridized carbons (Fsp3) is 0.0588. The molecule has 2 nitrogen and oxygen atoms in total. The first-order valence-electron chi connectivity index (χ1n) is 6.37. The Morgan fingerprint density at radius 2 is 1.09 bits per heavy atom. The van der Waals surface area contributed by atoms with Crippen LogP contribution in [0.1, 0.15) is 20.7 Å². The molecule has 0 spiro atoms. The highest BCUT2D eigenvalue weighted by atomic mass is 19.4. The predicted octanol–water partition coefficient (Wildman–Crippen LogP) is 4.24. The molecule has 0 aliphatic rings. The van der Waals surface area contributed by atoms with E-state index in [9.17, 15) is 22.8 Å². The lowest BCUT2D eigenvalue weighted by molar-refractivity contribution is -0.0803. The van der Waals surface area contributed by atoms with Crippen LogP contribution >= 0.6 is 0 Å². The Hall–Kier alpha value is -2.69. The molecule has 5 heteroatoms. The summed E-state index contributed by atoms with van der Waals surface area (Å²) in [6, 6.07) is 14.8. The number of ketones is 2. The molecule has 0 amide bonds. The van der Waals surface area contributed by atoms with E-state index in [1.165, 1.54) is 48.5 Å². The van der Waals surface area contributed by atoms with Gasteiger partial charge in [0, 0.05) is 17.2 Å². The van der Waals surface area contributed by atoms with Crippen LogP contribution in [0, 0.1) is 0 Å². The fourth-order valence-corrected chi connectivity index (χ4v) is 1.89. The maximum atomic E-state index is 12.7. The molecule has 0 heterocycles. The van der Waals surface area contributed by atoms with Gasteiger partial charge in [0.15, 0.2) is 11.6 Å². The lowest BCUT2D eigenvalue weighted by Gasteiger charge is -2.08. The molecule has 112 valence electrons. The Morgan fingerprint density at radius 3 is 1.41 bits per heavy atom. The summed E-state index contributed by atoms with van der Waals surface area (Å²) >= 11 is 0. The van der Waals surface area contributed by atoms with Crippen molar-refractivity contribution >= 4 is 11.6 Å². The van der Waals surface area contributed by atoms with Gasteiger partial charge in [-0.2, -0.15) is 13.2 Å². The van der Waals surface area contributed by atoms with Gasteiger partial charge in [0.25, 0.3) is 0 Å². The summed E-state index contributed by atoms with van der Waals surface area (Å²) in [5.41, 5.74) is -0.838. The number of halogens is 3. The summed E-state index contributed by atoms with van der Waals surface area (Å²) in [6.07, 6.45) is -5.00. The van der Waals surface area contributed by atoms with E-state index in [1.54, 1.807) is 12.1 Å². The molecule has 0 N–H and O–H groups in total. The van der Waals surface area contributed by atoms with Gasteiger partial charge in [0.05, 0.1) is 5.57 Å².